The summed E-state index contributed by atoms with van der Waals surface area (Å²) in [7, 11) is 0. The van der Waals surface area contributed by atoms with Crippen molar-refractivity contribution in [3.8, 4) is 0 Å². The number of aromatic nitrogens is 2. The molecule has 1 N–H and O–H groups in total. The number of hydrogen-bond donors (Lipinski definition) is 1. The van der Waals surface area contributed by atoms with Gasteiger partial charge in [0.1, 0.15) is 6.54 Å². The minimum Gasteiger partial charge on any atom is -0.392 e. The molecule has 2 aromatic rings. The average Bonchev–Trinajstić information content (AvgIpc) is 2.84. The van der Waals surface area contributed by atoms with E-state index in [1.165, 1.54) is 10.8 Å². The van der Waals surface area contributed by atoms with Gasteiger partial charge in [0.25, 0.3) is 5.82 Å². The largest absolute Gasteiger partial charge is 0.392 e. The fraction of sp³-hybridized carbons (Fsp3) is 0.375. The SMILES string of the molecule is Cc1ccc(C(=O)[C@H](C)[n+]2cc([N+](=O)[O-])n(CCO)c2C)cc1. The van der Waals surface area contributed by atoms with Gasteiger partial charge in [-0.05, 0) is 18.8 Å². The first-order valence-corrected chi connectivity index (χ1v) is 7.34. The average molecular weight is 318 g/mol. The Morgan fingerprint density at radius 2 is 1.96 bits per heavy atom. The lowest BCUT2D eigenvalue weighted by Gasteiger charge is -2.09. The summed E-state index contributed by atoms with van der Waals surface area (Å²) in [4.78, 5) is 23.3. The number of imidazole rings is 1. The van der Waals surface area contributed by atoms with Crippen LogP contribution in [0.15, 0.2) is 30.5 Å². The van der Waals surface area contributed by atoms with E-state index in [0.29, 0.717) is 11.4 Å². The van der Waals surface area contributed by atoms with Crippen LogP contribution < -0.4 is 4.57 Å². The highest BCUT2D eigenvalue weighted by molar-refractivity contribution is 5.97. The molecule has 0 radical (unpaired) electrons. The Hall–Kier alpha value is -2.54. The molecular weight excluding hydrogens is 298 g/mol. The first-order chi connectivity index (χ1) is 10.9. The Balaban J connectivity index is 2.40. The summed E-state index contributed by atoms with van der Waals surface area (Å²) in [5.74, 6) is 0.299. The fourth-order valence-electron chi connectivity index (χ4n) is 2.59. The van der Waals surface area contributed by atoms with E-state index in [1.54, 1.807) is 30.5 Å². The van der Waals surface area contributed by atoms with Crippen molar-refractivity contribution in [2.45, 2.75) is 33.4 Å². The summed E-state index contributed by atoms with van der Waals surface area (Å²) in [5, 5.41) is 20.3. The Kier molecular flexibility index (Phi) is 4.90. The summed E-state index contributed by atoms with van der Waals surface area (Å²) in [6.07, 6.45) is 1.35. The number of nitrogens with zero attached hydrogens (tertiary/aromatic N) is 3. The summed E-state index contributed by atoms with van der Waals surface area (Å²) in [6.45, 7) is 5.25. The Morgan fingerprint density at radius 3 is 2.48 bits per heavy atom. The highest BCUT2D eigenvalue weighted by Crippen LogP contribution is 2.17. The van der Waals surface area contributed by atoms with Gasteiger partial charge in [0, 0.05) is 12.5 Å². The van der Waals surface area contributed by atoms with Gasteiger partial charge >= 0.3 is 5.82 Å². The normalized spacial score (nSPS) is 12.2. The number of aryl methyl sites for hydroxylation is 1. The number of nitro groups is 1. The standard InChI is InChI=1S/C16H20N3O4/c1-11-4-6-14(7-5-11)16(21)12(2)18-10-15(19(22)23)17(8-9-20)13(18)3/h4-7,10,12,20H,8-9H2,1-3H3/q+1/t12-/m0/s1. The Labute approximate surface area is 134 Å². The second-order valence-electron chi connectivity index (χ2n) is 5.48. The molecule has 23 heavy (non-hydrogen) atoms. The molecule has 7 nitrogen and oxygen atoms in total. The van der Waals surface area contributed by atoms with Crippen molar-refractivity contribution in [1.82, 2.24) is 4.57 Å². The molecule has 0 fully saturated rings. The van der Waals surface area contributed by atoms with Crippen LogP contribution in [0.4, 0.5) is 5.82 Å². The number of benzene rings is 1. The molecule has 0 spiro atoms. The smallest absolute Gasteiger partial charge is 0.365 e. The highest BCUT2D eigenvalue weighted by Gasteiger charge is 2.30. The van der Waals surface area contributed by atoms with Crippen LogP contribution in [0.3, 0.4) is 0 Å². The zero-order valence-electron chi connectivity index (χ0n) is 13.4. The zero-order valence-corrected chi connectivity index (χ0v) is 13.4. The lowest BCUT2D eigenvalue weighted by Crippen LogP contribution is -2.43. The van der Waals surface area contributed by atoms with Crippen molar-refractivity contribution < 1.29 is 19.4 Å². The van der Waals surface area contributed by atoms with Crippen LogP contribution >= 0.6 is 0 Å². The Bertz CT molecular complexity index is 735. The number of ketones is 1. The molecule has 0 aliphatic rings. The molecule has 0 aliphatic heterocycles. The van der Waals surface area contributed by atoms with Gasteiger partial charge < -0.3 is 15.2 Å². The molecule has 0 aliphatic carbocycles. The summed E-state index contributed by atoms with van der Waals surface area (Å²) < 4.78 is 2.98. The molecule has 2 rings (SSSR count). The van der Waals surface area contributed by atoms with E-state index in [2.05, 4.69) is 0 Å². The van der Waals surface area contributed by atoms with Crippen LogP contribution in [0.1, 0.15) is 34.7 Å². The summed E-state index contributed by atoms with van der Waals surface area (Å²) in [5.41, 5.74) is 1.62. The van der Waals surface area contributed by atoms with E-state index in [1.807, 2.05) is 19.1 Å². The van der Waals surface area contributed by atoms with Crippen LogP contribution in [0.25, 0.3) is 0 Å². The molecule has 1 atom stereocenters. The van der Waals surface area contributed by atoms with Crippen LogP contribution in [-0.2, 0) is 6.54 Å². The van der Waals surface area contributed by atoms with Gasteiger partial charge in [0.15, 0.2) is 12.2 Å². The molecule has 122 valence electrons. The minimum atomic E-state index is -0.573. The van der Waals surface area contributed by atoms with Crippen LogP contribution in [0, 0.1) is 24.0 Å². The van der Waals surface area contributed by atoms with Crippen LogP contribution in [0.2, 0.25) is 0 Å². The van der Waals surface area contributed by atoms with Crippen LogP contribution in [-0.4, -0.2) is 27.0 Å². The number of Topliss-reactive ketones (excluding diaryl/α,β-unsaturated/α-hetero) is 1. The van der Waals surface area contributed by atoms with E-state index in [4.69, 9.17) is 5.11 Å². The van der Waals surface area contributed by atoms with Gasteiger partial charge in [-0.3, -0.25) is 4.79 Å². The molecule has 0 unspecified atom stereocenters. The van der Waals surface area contributed by atoms with Gasteiger partial charge in [-0.15, -0.1) is 0 Å². The molecule has 1 heterocycles. The van der Waals surface area contributed by atoms with E-state index in [9.17, 15) is 14.9 Å². The molecule has 7 heteroatoms. The number of hydrogen-bond acceptors (Lipinski definition) is 4. The van der Waals surface area contributed by atoms with E-state index >= 15 is 0 Å². The third kappa shape index (κ3) is 3.29. The van der Waals surface area contributed by atoms with Crippen molar-refractivity contribution in [2.24, 2.45) is 0 Å². The number of carbonyl (C=O) groups excluding carboxylic acids is 1. The maximum atomic E-state index is 12.6. The predicted molar refractivity (Wildman–Crippen MR) is 83.3 cm³/mol. The summed E-state index contributed by atoms with van der Waals surface area (Å²) >= 11 is 0. The van der Waals surface area contributed by atoms with Gasteiger partial charge in [-0.25, -0.2) is 4.57 Å². The second-order valence-corrected chi connectivity index (χ2v) is 5.48. The molecule has 1 aromatic heterocycles. The monoisotopic (exact) mass is 318 g/mol. The third-order valence-corrected chi connectivity index (χ3v) is 3.94. The van der Waals surface area contributed by atoms with Crippen molar-refractivity contribution >= 4 is 11.6 Å². The lowest BCUT2D eigenvalue weighted by atomic mass is 10.0. The quantitative estimate of drug-likeness (QED) is 0.380. The van der Waals surface area contributed by atoms with Crippen molar-refractivity contribution in [1.29, 1.82) is 0 Å². The maximum Gasteiger partial charge on any atom is 0.365 e. The first-order valence-electron chi connectivity index (χ1n) is 7.34. The van der Waals surface area contributed by atoms with Crippen molar-refractivity contribution in [3.63, 3.8) is 0 Å². The molecule has 0 saturated heterocycles. The minimum absolute atomic E-state index is 0.112. The first kappa shape index (κ1) is 16.8. The maximum absolute atomic E-state index is 12.6. The molecule has 1 aromatic carbocycles. The van der Waals surface area contributed by atoms with Gasteiger partial charge in [-0.2, -0.15) is 4.57 Å². The van der Waals surface area contributed by atoms with Gasteiger partial charge in [-0.1, -0.05) is 29.8 Å². The van der Waals surface area contributed by atoms with E-state index in [-0.39, 0.29) is 24.8 Å². The molecular formula is C16H20N3O4+. The lowest BCUT2D eigenvalue weighted by molar-refractivity contribution is -0.711. The second kappa shape index (κ2) is 6.70. The predicted octanol–water partition coefficient (Wildman–Crippen LogP) is 1.74. The summed E-state index contributed by atoms with van der Waals surface area (Å²) in [6, 6.07) is 6.65. The zero-order chi connectivity index (χ0) is 17.1. The van der Waals surface area contributed by atoms with Gasteiger partial charge in [0.05, 0.1) is 6.61 Å². The molecule has 0 bridgehead atoms. The number of aliphatic hydroxyl groups excluding tert-OH is 1. The van der Waals surface area contributed by atoms with E-state index in [0.717, 1.165) is 5.56 Å². The number of aliphatic hydroxyl groups is 1. The fourth-order valence-corrected chi connectivity index (χ4v) is 2.59. The molecule has 0 amide bonds. The highest BCUT2D eigenvalue weighted by atomic mass is 16.6. The number of carbonyl (C=O) groups is 1. The van der Waals surface area contributed by atoms with Crippen molar-refractivity contribution in [2.75, 3.05) is 6.61 Å². The third-order valence-electron chi connectivity index (χ3n) is 3.94. The molecule has 0 saturated carbocycles. The van der Waals surface area contributed by atoms with Gasteiger partial charge in [0.2, 0.25) is 5.78 Å². The topological polar surface area (TPSA) is 89.3 Å². The Morgan fingerprint density at radius 1 is 1.35 bits per heavy atom. The van der Waals surface area contributed by atoms with E-state index < -0.39 is 11.0 Å². The van der Waals surface area contributed by atoms with Crippen molar-refractivity contribution in [3.05, 3.63) is 57.5 Å². The number of rotatable bonds is 6. The van der Waals surface area contributed by atoms with Crippen LogP contribution in [0.5, 0.6) is 0 Å².